The molecule has 0 amide bonds. The van der Waals surface area contributed by atoms with E-state index in [-0.39, 0.29) is 23.9 Å². The van der Waals surface area contributed by atoms with Crippen molar-refractivity contribution in [3.05, 3.63) is 46.2 Å². The lowest BCUT2D eigenvalue weighted by Crippen LogP contribution is -2.40. The fourth-order valence-corrected chi connectivity index (χ4v) is 2.81. The van der Waals surface area contributed by atoms with Crippen LogP contribution in [0.1, 0.15) is 17.6 Å². The van der Waals surface area contributed by atoms with Gasteiger partial charge >= 0.3 is 6.18 Å². The maximum absolute atomic E-state index is 13.5. The quantitative estimate of drug-likeness (QED) is 0.434. The van der Waals surface area contributed by atoms with Crippen molar-refractivity contribution in [1.29, 1.82) is 0 Å². The summed E-state index contributed by atoms with van der Waals surface area (Å²) in [6.07, 6.45) is -4.45. The highest BCUT2D eigenvalue weighted by Crippen LogP contribution is 2.30. The molecule has 0 radical (unpaired) electrons. The summed E-state index contributed by atoms with van der Waals surface area (Å²) < 4.78 is 56.7. The van der Waals surface area contributed by atoms with Crippen molar-refractivity contribution < 1.29 is 22.3 Å². The van der Waals surface area contributed by atoms with Crippen LogP contribution in [-0.4, -0.2) is 42.6 Å². The van der Waals surface area contributed by atoms with E-state index < -0.39 is 17.7 Å². The van der Waals surface area contributed by atoms with E-state index in [2.05, 4.69) is 15.3 Å². The highest BCUT2D eigenvalue weighted by molar-refractivity contribution is 7.09. The van der Waals surface area contributed by atoms with Crippen LogP contribution in [0.5, 0.6) is 5.75 Å². The van der Waals surface area contributed by atoms with Crippen LogP contribution in [0.2, 0.25) is 0 Å². The van der Waals surface area contributed by atoms with Gasteiger partial charge in [-0.05, 0) is 19.1 Å². The Morgan fingerprint density at radius 1 is 1.33 bits per heavy atom. The third-order valence-corrected chi connectivity index (χ3v) is 4.26. The van der Waals surface area contributed by atoms with Crippen molar-refractivity contribution in [2.45, 2.75) is 19.6 Å². The van der Waals surface area contributed by atoms with Crippen LogP contribution < -0.4 is 10.1 Å². The number of aliphatic imine (C=N–C) groups is 1. The summed E-state index contributed by atoms with van der Waals surface area (Å²) in [5.74, 6) is 0.221. The summed E-state index contributed by atoms with van der Waals surface area (Å²) in [5.41, 5.74) is -0.908. The molecule has 0 aliphatic carbocycles. The summed E-state index contributed by atoms with van der Waals surface area (Å²) in [7, 11) is 1.76. The van der Waals surface area contributed by atoms with E-state index in [0.29, 0.717) is 19.0 Å². The normalized spacial score (nSPS) is 12.1. The number of likely N-dealkylation sites (N-methyl/N-ethyl adjacent to an activating group) is 1. The van der Waals surface area contributed by atoms with Gasteiger partial charge in [0.1, 0.15) is 11.6 Å². The van der Waals surface area contributed by atoms with E-state index >= 15 is 0 Å². The Morgan fingerprint density at radius 3 is 2.70 bits per heavy atom. The van der Waals surface area contributed by atoms with Gasteiger partial charge in [-0.3, -0.25) is 0 Å². The minimum Gasteiger partial charge on any atom is -0.489 e. The summed E-state index contributed by atoms with van der Waals surface area (Å²) >= 11 is 0.914. The minimum absolute atomic E-state index is 0.0294. The number of rotatable bonds is 7. The van der Waals surface area contributed by atoms with Crippen molar-refractivity contribution in [3.63, 3.8) is 0 Å². The number of hydrogen-bond donors (Lipinski definition) is 1. The molecule has 0 saturated carbocycles. The molecule has 1 heterocycles. The molecule has 0 unspecified atom stereocenters. The lowest BCUT2D eigenvalue weighted by molar-refractivity contribution is -0.140. The van der Waals surface area contributed by atoms with E-state index in [1.807, 2.05) is 6.92 Å². The molecule has 5 nitrogen and oxygen atoms in total. The maximum atomic E-state index is 13.5. The number of guanidine groups is 1. The SMILES string of the molecule is CCNC(=NCc1nc(C(F)(F)F)cs1)N(C)CCOc1ccccc1F. The molecule has 148 valence electrons. The standard InChI is InChI=1S/C17H20F4N4OS/c1-3-22-16(23-10-15-24-14(11-27-15)17(19,20)21)25(2)8-9-26-13-7-5-4-6-12(13)18/h4-7,11H,3,8-10H2,1-2H3,(H,22,23). The zero-order valence-corrected chi connectivity index (χ0v) is 15.7. The van der Waals surface area contributed by atoms with E-state index in [4.69, 9.17) is 4.74 Å². The zero-order valence-electron chi connectivity index (χ0n) is 14.9. The molecule has 27 heavy (non-hydrogen) atoms. The van der Waals surface area contributed by atoms with Gasteiger partial charge in [-0.25, -0.2) is 14.4 Å². The molecule has 2 aromatic rings. The molecule has 0 spiro atoms. The van der Waals surface area contributed by atoms with Gasteiger partial charge in [-0.15, -0.1) is 11.3 Å². The van der Waals surface area contributed by atoms with Crippen LogP contribution in [0.25, 0.3) is 0 Å². The highest BCUT2D eigenvalue weighted by atomic mass is 32.1. The molecule has 2 rings (SSSR count). The molecule has 10 heteroatoms. The molecular formula is C17H20F4N4OS. The van der Waals surface area contributed by atoms with Gasteiger partial charge in [0.15, 0.2) is 23.2 Å². The number of para-hydroxylation sites is 1. The first-order valence-corrected chi connectivity index (χ1v) is 9.07. The monoisotopic (exact) mass is 404 g/mol. The third-order valence-electron chi connectivity index (χ3n) is 3.42. The molecule has 1 N–H and O–H groups in total. The average molecular weight is 404 g/mol. The number of alkyl halides is 3. The topological polar surface area (TPSA) is 49.8 Å². The number of ether oxygens (including phenoxy) is 1. The van der Waals surface area contributed by atoms with Crippen LogP contribution in [-0.2, 0) is 12.7 Å². The molecule has 0 atom stereocenters. The van der Waals surface area contributed by atoms with Gasteiger partial charge in [-0.2, -0.15) is 13.2 Å². The second-order valence-electron chi connectivity index (χ2n) is 5.49. The summed E-state index contributed by atoms with van der Waals surface area (Å²) in [6, 6.07) is 6.10. The minimum atomic E-state index is -4.45. The predicted molar refractivity (Wildman–Crippen MR) is 96.5 cm³/mol. The lowest BCUT2D eigenvalue weighted by atomic mass is 10.3. The summed E-state index contributed by atoms with van der Waals surface area (Å²) in [6.45, 7) is 3.12. The first kappa shape index (κ1) is 20.9. The number of hydrogen-bond acceptors (Lipinski definition) is 4. The Morgan fingerprint density at radius 2 is 2.07 bits per heavy atom. The fraction of sp³-hybridized carbons (Fsp3) is 0.412. The number of benzene rings is 1. The summed E-state index contributed by atoms with van der Waals surface area (Å²) in [4.78, 5) is 9.62. The van der Waals surface area contributed by atoms with E-state index in [1.54, 1.807) is 24.1 Å². The number of nitrogens with zero attached hydrogens (tertiary/aromatic N) is 3. The average Bonchev–Trinajstić information content (AvgIpc) is 3.09. The van der Waals surface area contributed by atoms with Crippen molar-refractivity contribution in [1.82, 2.24) is 15.2 Å². The van der Waals surface area contributed by atoms with Gasteiger partial charge in [0.05, 0.1) is 13.1 Å². The number of thiazole rings is 1. The number of nitrogens with one attached hydrogen (secondary N) is 1. The largest absolute Gasteiger partial charge is 0.489 e. The molecule has 0 fully saturated rings. The predicted octanol–water partition coefficient (Wildman–Crippen LogP) is 3.78. The van der Waals surface area contributed by atoms with Crippen LogP contribution in [0, 0.1) is 5.82 Å². The molecular weight excluding hydrogens is 384 g/mol. The number of halogens is 4. The Kier molecular flexibility index (Phi) is 7.40. The second kappa shape index (κ2) is 9.54. The second-order valence-corrected chi connectivity index (χ2v) is 6.44. The first-order valence-electron chi connectivity index (χ1n) is 8.19. The van der Waals surface area contributed by atoms with Crippen molar-refractivity contribution in [2.75, 3.05) is 26.7 Å². The van der Waals surface area contributed by atoms with Crippen LogP contribution in [0.3, 0.4) is 0 Å². The smallest absolute Gasteiger partial charge is 0.434 e. The van der Waals surface area contributed by atoms with E-state index in [0.717, 1.165) is 16.7 Å². The molecule has 0 aliphatic heterocycles. The summed E-state index contributed by atoms with van der Waals surface area (Å²) in [5, 5.41) is 4.30. The zero-order chi connectivity index (χ0) is 19.9. The van der Waals surface area contributed by atoms with E-state index in [1.165, 1.54) is 12.1 Å². The van der Waals surface area contributed by atoms with Gasteiger partial charge < -0.3 is 15.0 Å². The van der Waals surface area contributed by atoms with E-state index in [9.17, 15) is 17.6 Å². The van der Waals surface area contributed by atoms with Crippen molar-refractivity contribution in [3.8, 4) is 5.75 Å². The van der Waals surface area contributed by atoms with Gasteiger partial charge in [0.2, 0.25) is 0 Å². The van der Waals surface area contributed by atoms with Crippen LogP contribution in [0.15, 0.2) is 34.6 Å². The number of aromatic nitrogens is 1. The molecule has 0 saturated heterocycles. The molecule has 0 aliphatic rings. The Labute approximate surface area is 158 Å². The third kappa shape index (κ3) is 6.38. The van der Waals surface area contributed by atoms with Crippen molar-refractivity contribution in [2.24, 2.45) is 4.99 Å². The van der Waals surface area contributed by atoms with Crippen LogP contribution in [0.4, 0.5) is 17.6 Å². The maximum Gasteiger partial charge on any atom is 0.434 e. The van der Waals surface area contributed by atoms with Gasteiger partial charge in [-0.1, -0.05) is 12.1 Å². The van der Waals surface area contributed by atoms with Crippen molar-refractivity contribution >= 4 is 17.3 Å². The Balaban J connectivity index is 1.93. The highest BCUT2D eigenvalue weighted by Gasteiger charge is 2.33. The fourth-order valence-electron chi connectivity index (χ4n) is 2.09. The Bertz CT molecular complexity index is 763. The molecule has 0 bridgehead atoms. The lowest BCUT2D eigenvalue weighted by Gasteiger charge is -2.22. The first-order chi connectivity index (χ1) is 12.8. The molecule has 1 aromatic heterocycles. The molecule has 1 aromatic carbocycles. The van der Waals surface area contributed by atoms with Crippen LogP contribution >= 0.6 is 11.3 Å². The van der Waals surface area contributed by atoms with Gasteiger partial charge in [0.25, 0.3) is 0 Å². The Hall–Kier alpha value is -2.36. The van der Waals surface area contributed by atoms with Gasteiger partial charge in [0, 0.05) is 19.0 Å².